The summed E-state index contributed by atoms with van der Waals surface area (Å²) in [5, 5.41) is 0. The molecule has 0 bridgehead atoms. The molecule has 0 radical (unpaired) electrons. The summed E-state index contributed by atoms with van der Waals surface area (Å²) in [5.41, 5.74) is 5.98. The third-order valence-electron chi connectivity index (χ3n) is 5.85. The molecular formula is C26H37N3. The minimum Gasteiger partial charge on any atom is -0.464 e. The molecule has 0 saturated carbocycles. The Morgan fingerprint density at radius 2 is 1.03 bits per heavy atom. The Bertz CT molecular complexity index is 728. The number of fused-ring (bicyclic) bond motifs is 2. The number of hydrogen-bond donors (Lipinski definition) is 3. The molecule has 29 heavy (non-hydrogen) atoms. The average Bonchev–Trinajstić information content (AvgIpc) is 2.75. The topological polar surface area (TPSA) is 13.3 Å². The van der Waals surface area contributed by atoms with Crippen molar-refractivity contribution in [3.63, 3.8) is 0 Å². The van der Waals surface area contributed by atoms with Gasteiger partial charge < -0.3 is 14.7 Å². The zero-order valence-corrected chi connectivity index (χ0v) is 17.8. The molecule has 0 amide bonds. The van der Waals surface area contributed by atoms with E-state index in [0.29, 0.717) is 0 Å². The zero-order valence-electron chi connectivity index (χ0n) is 17.8. The quantitative estimate of drug-likeness (QED) is 0.427. The molecule has 3 unspecified atom stereocenters. The van der Waals surface area contributed by atoms with Crippen molar-refractivity contribution >= 4 is 0 Å². The van der Waals surface area contributed by atoms with Crippen molar-refractivity contribution in [1.29, 1.82) is 0 Å². The minimum absolute atomic E-state index is 1.09. The summed E-state index contributed by atoms with van der Waals surface area (Å²) >= 11 is 0. The second-order valence-electron chi connectivity index (χ2n) is 8.36. The number of benzene rings is 2. The first-order valence-electron chi connectivity index (χ1n) is 10.9. The Labute approximate surface area is 177 Å². The molecule has 0 spiro atoms. The first-order valence-corrected chi connectivity index (χ1v) is 10.9. The van der Waals surface area contributed by atoms with Gasteiger partial charge in [-0.1, -0.05) is 54.6 Å². The molecule has 3 atom stereocenters. The van der Waals surface area contributed by atoms with Gasteiger partial charge in [-0.15, -0.1) is 0 Å². The van der Waals surface area contributed by atoms with Crippen molar-refractivity contribution in [2.45, 2.75) is 32.4 Å². The monoisotopic (exact) mass is 391 g/mol. The maximum Gasteiger partial charge on any atom is 0.0790 e. The molecule has 0 saturated heterocycles. The largest absolute Gasteiger partial charge is 0.464 e. The van der Waals surface area contributed by atoms with Gasteiger partial charge in [0.2, 0.25) is 0 Å². The van der Waals surface area contributed by atoms with Crippen LogP contribution in [-0.2, 0) is 25.9 Å². The van der Waals surface area contributed by atoms with Gasteiger partial charge in [-0.25, -0.2) is 0 Å². The van der Waals surface area contributed by atoms with Gasteiger partial charge in [-0.3, -0.25) is 0 Å². The van der Waals surface area contributed by atoms with E-state index in [9.17, 15) is 0 Å². The van der Waals surface area contributed by atoms with Gasteiger partial charge in [0.25, 0.3) is 0 Å². The van der Waals surface area contributed by atoms with Crippen LogP contribution in [0.2, 0.25) is 0 Å². The zero-order chi connectivity index (χ0) is 20.5. The van der Waals surface area contributed by atoms with E-state index in [0.717, 1.165) is 19.6 Å². The van der Waals surface area contributed by atoms with Crippen LogP contribution in [0.25, 0.3) is 0 Å². The van der Waals surface area contributed by atoms with Crippen LogP contribution in [0.3, 0.4) is 0 Å². The number of rotatable bonds is 0. The van der Waals surface area contributed by atoms with E-state index in [1.54, 1.807) is 0 Å². The van der Waals surface area contributed by atoms with Gasteiger partial charge in [-0.05, 0) is 17.2 Å². The number of hydrogen-bond acceptors (Lipinski definition) is 0. The highest BCUT2D eigenvalue weighted by molar-refractivity contribution is 5.28. The average molecular weight is 392 g/mol. The fraction of sp³-hybridized carbons (Fsp3) is 0.346. The fourth-order valence-corrected chi connectivity index (χ4v) is 4.04. The normalized spacial score (nSPS) is 24.7. The van der Waals surface area contributed by atoms with Crippen LogP contribution < -0.4 is 14.7 Å². The molecule has 3 aliphatic heterocycles. The van der Waals surface area contributed by atoms with Gasteiger partial charge in [0.15, 0.2) is 0 Å². The van der Waals surface area contributed by atoms with Gasteiger partial charge in [0, 0.05) is 30.4 Å². The predicted molar refractivity (Wildman–Crippen MR) is 120 cm³/mol. The molecule has 3 heterocycles. The molecular weight excluding hydrogens is 354 g/mol. The molecule has 3 aliphatic rings. The first kappa shape index (κ1) is 21.8. The second-order valence-corrected chi connectivity index (χ2v) is 8.36. The van der Waals surface area contributed by atoms with Gasteiger partial charge in [-0.2, -0.15) is 21.1 Å². The molecule has 3 nitrogen and oxygen atoms in total. The SMILES string of the molecule is [CH2-][NH+]1CC=CCC1.[CH2-][NH+]1CCc2ccccc2C1.[CH2-][NH+]1CCc2ccccc2C1. The van der Waals surface area contributed by atoms with Crippen molar-refractivity contribution in [2.24, 2.45) is 0 Å². The van der Waals surface area contributed by atoms with Crippen molar-refractivity contribution in [3.8, 4) is 0 Å². The highest BCUT2D eigenvalue weighted by Crippen LogP contribution is 2.10. The maximum atomic E-state index is 4.01. The van der Waals surface area contributed by atoms with Gasteiger partial charge in [0.1, 0.15) is 0 Å². The van der Waals surface area contributed by atoms with Crippen LogP contribution in [0.4, 0.5) is 0 Å². The van der Waals surface area contributed by atoms with E-state index in [1.165, 1.54) is 75.9 Å². The van der Waals surface area contributed by atoms with E-state index in [2.05, 4.69) is 81.8 Å². The Balaban J connectivity index is 0.000000128. The first-order chi connectivity index (χ1) is 14.1. The lowest BCUT2D eigenvalue weighted by Crippen LogP contribution is -3.07. The van der Waals surface area contributed by atoms with Crippen molar-refractivity contribution in [1.82, 2.24) is 0 Å². The van der Waals surface area contributed by atoms with Crippen LogP contribution in [0.15, 0.2) is 60.7 Å². The summed E-state index contributed by atoms with van der Waals surface area (Å²) in [6, 6.07) is 17.3. The number of nitrogens with one attached hydrogen (secondary N) is 3. The molecule has 156 valence electrons. The minimum atomic E-state index is 1.09. The third-order valence-corrected chi connectivity index (χ3v) is 5.85. The molecule has 3 heteroatoms. The van der Waals surface area contributed by atoms with E-state index < -0.39 is 0 Å². The molecule has 3 N–H and O–H groups in total. The Morgan fingerprint density at radius 3 is 1.41 bits per heavy atom. The molecule has 0 aliphatic carbocycles. The van der Waals surface area contributed by atoms with Crippen molar-refractivity contribution < 1.29 is 14.7 Å². The van der Waals surface area contributed by atoms with E-state index in [-0.39, 0.29) is 0 Å². The summed E-state index contributed by atoms with van der Waals surface area (Å²) in [6.07, 6.45) is 7.99. The van der Waals surface area contributed by atoms with Gasteiger partial charge in [0.05, 0.1) is 39.3 Å². The summed E-state index contributed by atoms with van der Waals surface area (Å²) in [4.78, 5) is 4.13. The molecule has 2 aromatic rings. The van der Waals surface area contributed by atoms with Crippen molar-refractivity contribution in [3.05, 3.63) is 104 Å². The van der Waals surface area contributed by atoms with Crippen molar-refractivity contribution in [2.75, 3.05) is 26.2 Å². The molecule has 0 aromatic heterocycles. The smallest absolute Gasteiger partial charge is 0.0790 e. The second kappa shape index (κ2) is 11.3. The summed E-state index contributed by atoms with van der Waals surface area (Å²) in [6.45, 7) is 6.86. The van der Waals surface area contributed by atoms with Crippen LogP contribution in [0.5, 0.6) is 0 Å². The Kier molecular flexibility index (Phi) is 8.48. The summed E-state index contributed by atoms with van der Waals surface area (Å²) < 4.78 is 0. The lowest BCUT2D eigenvalue weighted by molar-refractivity contribution is -0.870. The standard InChI is InChI=1S/2C10H13N.C6H11N/c2*1-11-7-6-9-4-2-3-5-10(9)8-11;1-7-5-3-2-4-6-7/h2*2-5,11H,1,6-8H2;2-3,7H,1,4-6H2. The predicted octanol–water partition coefficient (Wildman–Crippen LogP) is 0.461. The molecule has 2 aromatic carbocycles. The Morgan fingerprint density at radius 1 is 0.552 bits per heavy atom. The van der Waals surface area contributed by atoms with Crippen LogP contribution >= 0.6 is 0 Å². The highest BCUT2D eigenvalue weighted by Gasteiger charge is 2.11. The molecule has 0 fully saturated rings. The molecule has 5 rings (SSSR count). The van der Waals surface area contributed by atoms with E-state index in [1.807, 2.05) is 0 Å². The lowest BCUT2D eigenvalue weighted by Gasteiger charge is -2.27. The van der Waals surface area contributed by atoms with E-state index >= 15 is 0 Å². The van der Waals surface area contributed by atoms with E-state index in [4.69, 9.17) is 0 Å². The van der Waals surface area contributed by atoms with Gasteiger partial charge >= 0.3 is 0 Å². The third kappa shape index (κ3) is 7.11. The Hall–Kier alpha value is -1.94. The van der Waals surface area contributed by atoms with Crippen LogP contribution in [0.1, 0.15) is 28.7 Å². The maximum absolute atomic E-state index is 4.01. The lowest BCUT2D eigenvalue weighted by atomic mass is 10.0. The summed E-state index contributed by atoms with van der Waals surface area (Å²) in [7, 11) is 11.9. The summed E-state index contributed by atoms with van der Waals surface area (Å²) in [5.74, 6) is 0. The number of quaternary nitrogens is 3. The fourth-order valence-electron chi connectivity index (χ4n) is 4.04. The van der Waals surface area contributed by atoms with Crippen LogP contribution in [-0.4, -0.2) is 26.2 Å². The van der Waals surface area contributed by atoms with Crippen LogP contribution in [0, 0.1) is 21.1 Å². The highest BCUT2D eigenvalue weighted by atomic mass is 15.1.